The van der Waals surface area contributed by atoms with Gasteiger partial charge in [-0.1, -0.05) is 43.3 Å². The number of guanidine groups is 1. The molecule has 0 unspecified atom stereocenters. The largest absolute Gasteiger partial charge is 0.381 e. The fraction of sp³-hybridized carbons (Fsp3) is 0.409. The summed E-state index contributed by atoms with van der Waals surface area (Å²) in [5.41, 5.74) is 11.1. The number of ether oxygens (including phenoxy) is 1. The van der Waals surface area contributed by atoms with Gasteiger partial charge in [0.15, 0.2) is 5.96 Å². The number of nitrogens with two attached hydrogens (primary N) is 1. The first-order valence-electron chi connectivity index (χ1n) is 9.43. The lowest BCUT2D eigenvalue weighted by atomic mass is 9.72. The van der Waals surface area contributed by atoms with E-state index in [1.165, 1.54) is 16.7 Å². The van der Waals surface area contributed by atoms with Gasteiger partial charge in [-0.05, 0) is 55.0 Å². The van der Waals surface area contributed by atoms with E-state index in [9.17, 15) is 0 Å². The van der Waals surface area contributed by atoms with Crippen LogP contribution in [0.2, 0.25) is 0 Å². The molecular formula is C22H30IN3O. The standard InChI is InChI=1S/C22H29N3O.HI/c1-3-18-8-10-19(11-9-18)25-21(23)24-16-22(12-14-26-15-13-22)20-7-5-4-6-17(20)2;/h4-11H,3,12-16H2,1-2H3,(H3,23,24,25);1H. The molecule has 1 saturated heterocycles. The van der Waals surface area contributed by atoms with E-state index in [1.54, 1.807) is 0 Å². The maximum Gasteiger partial charge on any atom is 0.193 e. The third-order valence-electron chi connectivity index (χ3n) is 5.35. The molecule has 0 atom stereocenters. The van der Waals surface area contributed by atoms with Crippen LogP contribution in [0.3, 0.4) is 0 Å². The number of hydrogen-bond acceptors (Lipinski definition) is 2. The molecule has 0 aliphatic carbocycles. The van der Waals surface area contributed by atoms with Gasteiger partial charge in [0, 0.05) is 24.3 Å². The predicted octanol–water partition coefficient (Wildman–Crippen LogP) is 4.65. The van der Waals surface area contributed by atoms with Crippen LogP contribution in [0.4, 0.5) is 5.69 Å². The first-order chi connectivity index (χ1) is 12.6. The predicted molar refractivity (Wildman–Crippen MR) is 124 cm³/mol. The number of aliphatic imine (C=N–C) groups is 1. The zero-order valence-electron chi connectivity index (χ0n) is 16.2. The molecule has 2 aromatic rings. The van der Waals surface area contributed by atoms with E-state index in [4.69, 9.17) is 15.5 Å². The molecular weight excluding hydrogens is 449 g/mol. The monoisotopic (exact) mass is 479 g/mol. The highest BCUT2D eigenvalue weighted by atomic mass is 127. The summed E-state index contributed by atoms with van der Waals surface area (Å²) in [5.74, 6) is 0.466. The van der Waals surface area contributed by atoms with Crippen molar-refractivity contribution in [1.29, 1.82) is 0 Å². The highest BCUT2D eigenvalue weighted by molar-refractivity contribution is 14.0. The number of aryl methyl sites for hydroxylation is 2. The molecule has 0 spiro atoms. The number of nitrogens with zero attached hydrogens (tertiary/aromatic N) is 1. The average Bonchev–Trinajstić information content (AvgIpc) is 2.68. The van der Waals surface area contributed by atoms with Crippen molar-refractivity contribution in [3.63, 3.8) is 0 Å². The molecule has 4 nitrogen and oxygen atoms in total. The van der Waals surface area contributed by atoms with Crippen LogP contribution in [-0.4, -0.2) is 25.7 Å². The maximum atomic E-state index is 6.18. The minimum atomic E-state index is 0. The second kappa shape index (κ2) is 10.1. The Morgan fingerprint density at radius 1 is 1.11 bits per heavy atom. The summed E-state index contributed by atoms with van der Waals surface area (Å²) in [6, 6.07) is 16.9. The summed E-state index contributed by atoms with van der Waals surface area (Å²) < 4.78 is 5.62. The van der Waals surface area contributed by atoms with Gasteiger partial charge in [-0.15, -0.1) is 24.0 Å². The zero-order chi connectivity index (χ0) is 18.4. The Morgan fingerprint density at radius 3 is 2.41 bits per heavy atom. The van der Waals surface area contributed by atoms with Crippen LogP contribution in [0.15, 0.2) is 53.5 Å². The van der Waals surface area contributed by atoms with Crippen LogP contribution in [-0.2, 0) is 16.6 Å². The molecule has 1 aliphatic rings. The van der Waals surface area contributed by atoms with Gasteiger partial charge >= 0.3 is 0 Å². The first-order valence-corrected chi connectivity index (χ1v) is 9.43. The van der Waals surface area contributed by atoms with Crippen molar-refractivity contribution in [3.05, 3.63) is 65.2 Å². The van der Waals surface area contributed by atoms with Crippen LogP contribution in [0.5, 0.6) is 0 Å². The summed E-state index contributed by atoms with van der Waals surface area (Å²) in [4.78, 5) is 4.70. The van der Waals surface area contributed by atoms with Crippen LogP contribution in [0, 0.1) is 6.92 Å². The minimum absolute atomic E-state index is 0. The Bertz CT molecular complexity index is 752. The minimum Gasteiger partial charge on any atom is -0.381 e. The summed E-state index contributed by atoms with van der Waals surface area (Å²) in [7, 11) is 0. The van der Waals surface area contributed by atoms with Crippen molar-refractivity contribution < 1.29 is 4.74 Å². The molecule has 146 valence electrons. The second-order valence-electron chi connectivity index (χ2n) is 7.08. The fourth-order valence-electron chi connectivity index (χ4n) is 3.69. The molecule has 0 saturated carbocycles. The van der Waals surface area contributed by atoms with Crippen molar-refractivity contribution in [1.82, 2.24) is 0 Å². The molecule has 5 heteroatoms. The Morgan fingerprint density at radius 2 is 1.78 bits per heavy atom. The van der Waals surface area contributed by atoms with Gasteiger partial charge in [0.05, 0.1) is 6.54 Å². The van der Waals surface area contributed by atoms with E-state index in [-0.39, 0.29) is 29.4 Å². The molecule has 0 bridgehead atoms. The van der Waals surface area contributed by atoms with E-state index in [0.717, 1.165) is 38.2 Å². The molecule has 1 fully saturated rings. The molecule has 27 heavy (non-hydrogen) atoms. The lowest BCUT2D eigenvalue weighted by Gasteiger charge is -2.37. The highest BCUT2D eigenvalue weighted by Crippen LogP contribution is 2.37. The van der Waals surface area contributed by atoms with Crippen molar-refractivity contribution in [2.45, 2.75) is 38.5 Å². The number of benzene rings is 2. The van der Waals surface area contributed by atoms with E-state index in [1.807, 2.05) is 12.1 Å². The van der Waals surface area contributed by atoms with Crippen LogP contribution in [0.1, 0.15) is 36.5 Å². The topological polar surface area (TPSA) is 59.6 Å². The lowest BCUT2D eigenvalue weighted by Crippen LogP contribution is -2.38. The van der Waals surface area contributed by atoms with Gasteiger partial charge < -0.3 is 15.8 Å². The van der Waals surface area contributed by atoms with Crippen LogP contribution in [0.25, 0.3) is 0 Å². The molecule has 2 aromatic carbocycles. The summed E-state index contributed by atoms with van der Waals surface area (Å²) in [5, 5.41) is 3.21. The lowest BCUT2D eigenvalue weighted by molar-refractivity contribution is 0.0529. The highest BCUT2D eigenvalue weighted by Gasteiger charge is 2.35. The molecule has 0 radical (unpaired) electrons. The van der Waals surface area contributed by atoms with E-state index in [0.29, 0.717) is 12.5 Å². The molecule has 3 N–H and O–H groups in total. The number of anilines is 1. The molecule has 0 amide bonds. The molecule has 1 aliphatic heterocycles. The van der Waals surface area contributed by atoms with Gasteiger partial charge in [0.1, 0.15) is 0 Å². The normalized spacial score (nSPS) is 16.4. The van der Waals surface area contributed by atoms with Crippen molar-refractivity contribution >= 4 is 35.6 Å². The average molecular weight is 479 g/mol. The van der Waals surface area contributed by atoms with E-state index >= 15 is 0 Å². The Labute approximate surface area is 179 Å². The number of halogens is 1. The molecule has 3 rings (SSSR count). The smallest absolute Gasteiger partial charge is 0.193 e. The number of hydrogen-bond donors (Lipinski definition) is 2. The summed E-state index contributed by atoms with van der Waals surface area (Å²) in [6.07, 6.45) is 2.98. The second-order valence-corrected chi connectivity index (χ2v) is 7.08. The molecule has 1 heterocycles. The van der Waals surface area contributed by atoms with Crippen molar-refractivity contribution in [2.75, 3.05) is 25.1 Å². The van der Waals surface area contributed by atoms with E-state index in [2.05, 4.69) is 55.6 Å². The summed E-state index contributed by atoms with van der Waals surface area (Å²) in [6.45, 7) is 6.54. The van der Waals surface area contributed by atoms with Gasteiger partial charge in [-0.2, -0.15) is 0 Å². The maximum absolute atomic E-state index is 6.18. The molecule has 0 aromatic heterocycles. The quantitative estimate of drug-likeness (QED) is 0.373. The van der Waals surface area contributed by atoms with Crippen molar-refractivity contribution in [2.24, 2.45) is 10.7 Å². The Balaban J connectivity index is 0.00000261. The van der Waals surface area contributed by atoms with Crippen LogP contribution < -0.4 is 11.1 Å². The van der Waals surface area contributed by atoms with Gasteiger partial charge in [0.2, 0.25) is 0 Å². The zero-order valence-corrected chi connectivity index (χ0v) is 18.5. The van der Waals surface area contributed by atoms with Crippen molar-refractivity contribution in [3.8, 4) is 0 Å². The SMILES string of the molecule is CCc1ccc(NC(N)=NCC2(c3ccccc3C)CCOCC2)cc1.I. The first kappa shape index (κ1) is 21.7. The summed E-state index contributed by atoms with van der Waals surface area (Å²) >= 11 is 0. The third kappa shape index (κ3) is 5.45. The Kier molecular flexibility index (Phi) is 8.10. The fourth-order valence-corrected chi connectivity index (χ4v) is 3.69. The van der Waals surface area contributed by atoms with Crippen LogP contribution >= 0.6 is 24.0 Å². The third-order valence-corrected chi connectivity index (χ3v) is 5.35. The van der Waals surface area contributed by atoms with E-state index < -0.39 is 0 Å². The Hall–Kier alpha value is -1.60. The van der Waals surface area contributed by atoms with Gasteiger partial charge in [0.25, 0.3) is 0 Å². The van der Waals surface area contributed by atoms with Gasteiger partial charge in [-0.25, -0.2) is 0 Å². The number of nitrogens with one attached hydrogen (secondary N) is 1. The van der Waals surface area contributed by atoms with Gasteiger partial charge in [-0.3, -0.25) is 4.99 Å². The number of rotatable bonds is 5.